The molecule has 0 aromatic heterocycles. The van der Waals surface area contributed by atoms with Crippen molar-refractivity contribution in [2.45, 2.75) is 26.6 Å². The largest absolute Gasteiger partial charge is 0.469 e. The van der Waals surface area contributed by atoms with Crippen LogP contribution in [0.2, 0.25) is 0 Å². The van der Waals surface area contributed by atoms with Gasteiger partial charge in [-0.15, -0.1) is 0 Å². The Bertz CT molecular complexity index is 323. The van der Waals surface area contributed by atoms with E-state index in [4.69, 9.17) is 9.47 Å². The molecule has 0 aromatic rings. The maximum Gasteiger partial charge on any atom is 0.306 e. The molecule has 0 heterocycles. The van der Waals surface area contributed by atoms with E-state index < -0.39 is 22.3 Å². The highest BCUT2D eigenvalue weighted by atomic mass is 32.2. The van der Waals surface area contributed by atoms with E-state index in [2.05, 4.69) is 9.46 Å². The van der Waals surface area contributed by atoms with E-state index in [1.807, 2.05) is 0 Å². The second-order valence-corrected chi connectivity index (χ2v) is 5.26. The molecule has 18 heavy (non-hydrogen) atoms. The Balaban J connectivity index is 4.10. The molecule has 0 aliphatic carbocycles. The maximum atomic E-state index is 11.5. The molecule has 0 unspecified atom stereocenters. The third-order valence-electron chi connectivity index (χ3n) is 1.98. The Morgan fingerprint density at radius 1 is 1.22 bits per heavy atom. The standard InChI is InChI=1S/C10H21NO6S/c1-4-16-10(17-5-2)8-11-18(13,14)7-6-9(12)15-3/h10-11H,4-8H2,1-3H3. The maximum absolute atomic E-state index is 11.5. The lowest BCUT2D eigenvalue weighted by Gasteiger charge is -2.17. The van der Waals surface area contributed by atoms with Crippen LogP contribution in [0.15, 0.2) is 0 Å². The minimum Gasteiger partial charge on any atom is -0.469 e. The third-order valence-corrected chi connectivity index (χ3v) is 3.33. The monoisotopic (exact) mass is 283 g/mol. The lowest BCUT2D eigenvalue weighted by molar-refractivity contribution is -0.140. The van der Waals surface area contributed by atoms with Gasteiger partial charge in [-0.3, -0.25) is 4.79 Å². The molecule has 0 bridgehead atoms. The van der Waals surface area contributed by atoms with Gasteiger partial charge in [0.25, 0.3) is 0 Å². The predicted octanol–water partition coefficient (Wildman–Crippen LogP) is -0.132. The summed E-state index contributed by atoms with van der Waals surface area (Å²) in [4.78, 5) is 10.8. The second-order valence-electron chi connectivity index (χ2n) is 3.33. The Kier molecular flexibility index (Phi) is 8.90. The van der Waals surface area contributed by atoms with Gasteiger partial charge in [0.2, 0.25) is 10.0 Å². The zero-order valence-corrected chi connectivity index (χ0v) is 11.8. The zero-order chi connectivity index (χ0) is 14.0. The highest BCUT2D eigenvalue weighted by Crippen LogP contribution is 1.97. The molecule has 7 nitrogen and oxygen atoms in total. The van der Waals surface area contributed by atoms with Gasteiger partial charge >= 0.3 is 5.97 Å². The van der Waals surface area contributed by atoms with E-state index in [1.54, 1.807) is 13.8 Å². The summed E-state index contributed by atoms with van der Waals surface area (Å²) in [5, 5.41) is 0. The van der Waals surface area contributed by atoms with Crippen molar-refractivity contribution in [3.8, 4) is 0 Å². The summed E-state index contributed by atoms with van der Waals surface area (Å²) in [5.74, 6) is -0.878. The average molecular weight is 283 g/mol. The average Bonchev–Trinajstić information content (AvgIpc) is 2.34. The Hall–Kier alpha value is -0.700. The first kappa shape index (κ1) is 17.3. The summed E-state index contributed by atoms with van der Waals surface area (Å²) in [6.07, 6.45) is -0.798. The highest BCUT2D eigenvalue weighted by molar-refractivity contribution is 7.89. The molecule has 0 saturated heterocycles. The smallest absolute Gasteiger partial charge is 0.306 e. The fourth-order valence-corrected chi connectivity index (χ4v) is 2.09. The first-order valence-electron chi connectivity index (χ1n) is 5.72. The van der Waals surface area contributed by atoms with Gasteiger partial charge in [-0.2, -0.15) is 0 Å². The van der Waals surface area contributed by atoms with Gasteiger partial charge in [0.15, 0.2) is 6.29 Å². The van der Waals surface area contributed by atoms with Crippen LogP contribution in [0.1, 0.15) is 20.3 Å². The van der Waals surface area contributed by atoms with Gasteiger partial charge in [0, 0.05) is 13.2 Å². The van der Waals surface area contributed by atoms with Crippen molar-refractivity contribution in [2.75, 3.05) is 32.6 Å². The van der Waals surface area contributed by atoms with Gasteiger partial charge in [0.05, 0.1) is 25.8 Å². The van der Waals surface area contributed by atoms with Crippen molar-refractivity contribution in [1.82, 2.24) is 4.72 Å². The second kappa shape index (κ2) is 9.26. The van der Waals surface area contributed by atoms with Crippen LogP contribution in [0.3, 0.4) is 0 Å². The molecule has 0 atom stereocenters. The fraction of sp³-hybridized carbons (Fsp3) is 0.900. The molecular formula is C10H21NO6S. The SMILES string of the molecule is CCOC(CNS(=O)(=O)CCC(=O)OC)OCC. The molecule has 0 aliphatic heterocycles. The van der Waals surface area contributed by atoms with Crippen LogP contribution < -0.4 is 4.72 Å². The molecule has 0 radical (unpaired) electrons. The Morgan fingerprint density at radius 3 is 2.22 bits per heavy atom. The minimum absolute atomic E-state index is 0.0190. The van der Waals surface area contributed by atoms with E-state index in [-0.39, 0.29) is 18.7 Å². The van der Waals surface area contributed by atoms with Crippen LogP contribution in [0, 0.1) is 0 Å². The normalized spacial score (nSPS) is 11.8. The van der Waals surface area contributed by atoms with Crippen molar-refractivity contribution in [3.63, 3.8) is 0 Å². The summed E-state index contributed by atoms with van der Waals surface area (Å²) < 4.78 is 40.1. The number of methoxy groups -OCH3 is 1. The number of carbonyl (C=O) groups is 1. The molecule has 0 rings (SSSR count). The van der Waals surface area contributed by atoms with Gasteiger partial charge in [0.1, 0.15) is 0 Å². The van der Waals surface area contributed by atoms with Crippen LogP contribution in [-0.2, 0) is 29.0 Å². The van der Waals surface area contributed by atoms with Crippen molar-refractivity contribution in [1.29, 1.82) is 0 Å². The quantitative estimate of drug-likeness (QED) is 0.443. The van der Waals surface area contributed by atoms with Crippen LogP contribution in [0.25, 0.3) is 0 Å². The van der Waals surface area contributed by atoms with Crippen LogP contribution >= 0.6 is 0 Å². The van der Waals surface area contributed by atoms with Gasteiger partial charge < -0.3 is 14.2 Å². The van der Waals surface area contributed by atoms with Gasteiger partial charge in [-0.05, 0) is 13.8 Å². The van der Waals surface area contributed by atoms with Crippen molar-refractivity contribution in [3.05, 3.63) is 0 Å². The van der Waals surface area contributed by atoms with Gasteiger partial charge in [-0.25, -0.2) is 13.1 Å². The number of hydrogen-bond acceptors (Lipinski definition) is 6. The minimum atomic E-state index is -3.53. The molecule has 0 amide bonds. The van der Waals surface area contributed by atoms with E-state index in [9.17, 15) is 13.2 Å². The first-order chi connectivity index (χ1) is 8.45. The number of carbonyl (C=O) groups excluding carboxylic acids is 1. The third kappa shape index (κ3) is 8.40. The number of sulfonamides is 1. The molecule has 0 fully saturated rings. The Morgan fingerprint density at radius 2 is 1.78 bits per heavy atom. The number of ether oxygens (including phenoxy) is 3. The van der Waals surface area contributed by atoms with E-state index >= 15 is 0 Å². The molecule has 0 aromatic carbocycles. The number of hydrogen-bond donors (Lipinski definition) is 1. The number of rotatable bonds is 10. The topological polar surface area (TPSA) is 90.9 Å². The van der Waals surface area contributed by atoms with Crippen molar-refractivity contribution < 1.29 is 27.4 Å². The van der Waals surface area contributed by atoms with Gasteiger partial charge in [-0.1, -0.05) is 0 Å². The number of nitrogens with one attached hydrogen (secondary N) is 1. The van der Waals surface area contributed by atoms with E-state index in [0.29, 0.717) is 13.2 Å². The Labute approximate surface area is 108 Å². The van der Waals surface area contributed by atoms with Crippen molar-refractivity contribution >= 4 is 16.0 Å². The van der Waals surface area contributed by atoms with Crippen molar-refractivity contribution in [2.24, 2.45) is 0 Å². The molecular weight excluding hydrogens is 262 g/mol. The van der Waals surface area contributed by atoms with E-state index in [0.717, 1.165) is 0 Å². The summed E-state index contributed by atoms with van der Waals surface area (Å²) in [6, 6.07) is 0. The number of esters is 1. The molecule has 0 aliphatic rings. The van der Waals surface area contributed by atoms with Crippen LogP contribution in [-0.4, -0.2) is 53.3 Å². The van der Waals surface area contributed by atoms with Crippen LogP contribution in [0.4, 0.5) is 0 Å². The molecule has 8 heteroatoms. The zero-order valence-electron chi connectivity index (χ0n) is 11.0. The fourth-order valence-electron chi connectivity index (χ4n) is 1.12. The first-order valence-corrected chi connectivity index (χ1v) is 7.37. The molecule has 0 spiro atoms. The van der Waals surface area contributed by atoms with E-state index in [1.165, 1.54) is 7.11 Å². The molecule has 108 valence electrons. The predicted molar refractivity (Wildman–Crippen MR) is 65.5 cm³/mol. The summed E-state index contributed by atoms with van der Waals surface area (Å²) in [5.41, 5.74) is 0. The van der Waals surface area contributed by atoms with Crippen LogP contribution in [0.5, 0.6) is 0 Å². The summed E-state index contributed by atoms with van der Waals surface area (Å²) in [7, 11) is -2.32. The highest BCUT2D eigenvalue weighted by Gasteiger charge is 2.16. The molecule has 0 saturated carbocycles. The lowest BCUT2D eigenvalue weighted by Crippen LogP contribution is -2.37. The summed E-state index contributed by atoms with van der Waals surface area (Å²) >= 11 is 0. The lowest BCUT2D eigenvalue weighted by atomic mass is 10.5. The molecule has 1 N–H and O–H groups in total. The summed E-state index contributed by atoms with van der Waals surface area (Å²) in [6.45, 7) is 4.45.